The van der Waals surface area contributed by atoms with E-state index in [0.29, 0.717) is 11.5 Å². The molecule has 2 amide bonds. The van der Waals surface area contributed by atoms with Crippen LogP contribution in [0.2, 0.25) is 0 Å². The van der Waals surface area contributed by atoms with Gasteiger partial charge in [0.05, 0.1) is 12.7 Å². The molecule has 0 saturated carbocycles. The number of hydrogen-bond acceptors (Lipinski definition) is 4. The number of nitrogens with two attached hydrogens (primary N) is 1. The molecule has 2 rings (SSSR count). The van der Waals surface area contributed by atoms with Gasteiger partial charge >= 0.3 is 0 Å². The Kier molecular flexibility index (Phi) is 5.47. The Morgan fingerprint density at radius 1 is 1.26 bits per heavy atom. The first kappa shape index (κ1) is 17.1. The Morgan fingerprint density at radius 2 is 1.91 bits per heavy atom. The van der Waals surface area contributed by atoms with Crippen LogP contribution in [0.15, 0.2) is 18.2 Å². The topological polar surface area (TPSA) is 81.9 Å². The summed E-state index contributed by atoms with van der Waals surface area (Å²) in [5, 5.41) is 0. The van der Waals surface area contributed by atoms with E-state index in [-0.39, 0.29) is 30.2 Å². The predicted molar refractivity (Wildman–Crippen MR) is 86.6 cm³/mol. The molecule has 126 valence electrons. The van der Waals surface area contributed by atoms with Crippen molar-refractivity contribution in [2.24, 2.45) is 5.73 Å². The molecule has 1 saturated heterocycles. The second-order valence-corrected chi connectivity index (χ2v) is 5.94. The van der Waals surface area contributed by atoms with Crippen molar-refractivity contribution in [3.63, 3.8) is 0 Å². The molecule has 1 aliphatic rings. The van der Waals surface area contributed by atoms with Crippen LogP contribution >= 0.6 is 0 Å². The summed E-state index contributed by atoms with van der Waals surface area (Å²) in [7, 11) is 1.50. The van der Waals surface area contributed by atoms with Gasteiger partial charge in [-0.3, -0.25) is 9.59 Å². The molecule has 2 N–H and O–H groups in total. The summed E-state index contributed by atoms with van der Waals surface area (Å²) in [5.41, 5.74) is 5.57. The monoisotopic (exact) mass is 320 g/mol. The van der Waals surface area contributed by atoms with Gasteiger partial charge in [-0.2, -0.15) is 0 Å². The van der Waals surface area contributed by atoms with E-state index in [0.717, 1.165) is 19.3 Å². The van der Waals surface area contributed by atoms with E-state index in [4.69, 9.17) is 15.2 Å². The van der Waals surface area contributed by atoms with Gasteiger partial charge in [0.1, 0.15) is 11.5 Å². The van der Waals surface area contributed by atoms with Crippen molar-refractivity contribution in [2.75, 3.05) is 13.7 Å². The molecule has 0 spiro atoms. The van der Waals surface area contributed by atoms with Crippen molar-refractivity contribution >= 4 is 11.8 Å². The van der Waals surface area contributed by atoms with Crippen molar-refractivity contribution in [3.05, 3.63) is 23.8 Å². The Bertz CT molecular complexity index is 578. The van der Waals surface area contributed by atoms with Crippen LogP contribution in [-0.2, 0) is 4.79 Å². The molecule has 1 heterocycles. The fraction of sp³-hybridized carbons (Fsp3) is 0.529. The number of carbonyl (C=O) groups is 2. The average Bonchev–Trinajstić information content (AvgIpc) is 2.52. The van der Waals surface area contributed by atoms with Gasteiger partial charge in [0.2, 0.25) is 0 Å². The van der Waals surface area contributed by atoms with E-state index in [9.17, 15) is 9.59 Å². The SMILES string of the molecule is COc1ccc(OCC(=O)N2[C@@H](C)CCC[C@@H]2C)c(C(N)=O)c1. The fourth-order valence-corrected chi connectivity index (χ4v) is 3.08. The van der Waals surface area contributed by atoms with Gasteiger partial charge in [-0.25, -0.2) is 0 Å². The van der Waals surface area contributed by atoms with E-state index < -0.39 is 5.91 Å². The Hall–Kier alpha value is -2.24. The lowest BCUT2D eigenvalue weighted by atomic mass is 9.97. The quantitative estimate of drug-likeness (QED) is 0.899. The first-order valence-electron chi connectivity index (χ1n) is 7.85. The largest absolute Gasteiger partial charge is 0.497 e. The molecule has 2 atom stereocenters. The first-order chi connectivity index (χ1) is 10.9. The summed E-state index contributed by atoms with van der Waals surface area (Å²) < 4.78 is 10.6. The van der Waals surface area contributed by atoms with Crippen LogP contribution in [0.4, 0.5) is 0 Å². The van der Waals surface area contributed by atoms with Gasteiger partial charge in [-0.1, -0.05) is 0 Å². The van der Waals surface area contributed by atoms with Crippen molar-refractivity contribution < 1.29 is 19.1 Å². The number of benzene rings is 1. The van der Waals surface area contributed by atoms with Crippen molar-refractivity contribution in [1.29, 1.82) is 0 Å². The molecule has 0 bridgehead atoms. The van der Waals surface area contributed by atoms with E-state index in [1.54, 1.807) is 12.1 Å². The second kappa shape index (κ2) is 7.35. The minimum atomic E-state index is -0.619. The van der Waals surface area contributed by atoms with Gasteiger partial charge in [0.25, 0.3) is 11.8 Å². The van der Waals surface area contributed by atoms with Gasteiger partial charge in [0.15, 0.2) is 6.61 Å². The Balaban J connectivity index is 2.08. The predicted octanol–water partition coefficient (Wildman–Crippen LogP) is 1.96. The van der Waals surface area contributed by atoms with Crippen LogP contribution in [0.1, 0.15) is 43.5 Å². The molecule has 6 nitrogen and oxygen atoms in total. The molecule has 1 aromatic rings. The number of ether oxygens (including phenoxy) is 2. The van der Waals surface area contributed by atoms with Gasteiger partial charge < -0.3 is 20.1 Å². The molecule has 1 aromatic carbocycles. The molecule has 0 unspecified atom stereocenters. The Labute approximate surface area is 136 Å². The fourth-order valence-electron chi connectivity index (χ4n) is 3.08. The maximum absolute atomic E-state index is 12.5. The summed E-state index contributed by atoms with van der Waals surface area (Å²) in [4.78, 5) is 25.9. The van der Waals surface area contributed by atoms with Crippen LogP contribution in [-0.4, -0.2) is 42.5 Å². The minimum absolute atomic E-state index is 0.0732. The molecule has 0 radical (unpaired) electrons. The summed E-state index contributed by atoms with van der Waals surface area (Å²) >= 11 is 0. The normalized spacial score (nSPS) is 20.9. The number of nitrogens with zero attached hydrogens (tertiary/aromatic N) is 1. The van der Waals surface area contributed by atoms with Crippen molar-refractivity contribution in [1.82, 2.24) is 4.90 Å². The zero-order valence-corrected chi connectivity index (χ0v) is 13.9. The van der Waals surface area contributed by atoms with E-state index >= 15 is 0 Å². The van der Waals surface area contributed by atoms with Crippen molar-refractivity contribution in [3.8, 4) is 11.5 Å². The van der Waals surface area contributed by atoms with Crippen LogP contribution in [0, 0.1) is 0 Å². The zero-order valence-electron chi connectivity index (χ0n) is 13.9. The lowest BCUT2D eigenvalue weighted by Crippen LogP contribution is -2.49. The van der Waals surface area contributed by atoms with Gasteiger partial charge in [0, 0.05) is 12.1 Å². The number of primary amides is 1. The van der Waals surface area contributed by atoms with Crippen LogP contribution in [0.5, 0.6) is 11.5 Å². The molecule has 0 aliphatic carbocycles. The number of likely N-dealkylation sites (tertiary alicyclic amines) is 1. The molecule has 6 heteroatoms. The third kappa shape index (κ3) is 3.94. The molecule has 1 aliphatic heterocycles. The van der Waals surface area contributed by atoms with Crippen LogP contribution in [0.25, 0.3) is 0 Å². The van der Waals surface area contributed by atoms with Gasteiger partial charge in [-0.05, 0) is 51.3 Å². The first-order valence-corrected chi connectivity index (χ1v) is 7.85. The lowest BCUT2D eigenvalue weighted by Gasteiger charge is -2.39. The van der Waals surface area contributed by atoms with Crippen LogP contribution < -0.4 is 15.2 Å². The third-order valence-corrected chi connectivity index (χ3v) is 4.28. The maximum Gasteiger partial charge on any atom is 0.260 e. The third-order valence-electron chi connectivity index (χ3n) is 4.28. The number of amides is 2. The molecule has 1 fully saturated rings. The molecular weight excluding hydrogens is 296 g/mol. The maximum atomic E-state index is 12.5. The van der Waals surface area contributed by atoms with Gasteiger partial charge in [-0.15, -0.1) is 0 Å². The number of rotatable bonds is 5. The van der Waals surface area contributed by atoms with Crippen molar-refractivity contribution in [2.45, 2.75) is 45.2 Å². The van der Waals surface area contributed by atoms with E-state index in [1.165, 1.54) is 13.2 Å². The number of methoxy groups -OCH3 is 1. The number of piperidine rings is 1. The molecule has 23 heavy (non-hydrogen) atoms. The standard InChI is InChI=1S/C17H24N2O4/c1-11-5-4-6-12(2)19(11)16(20)10-23-15-8-7-13(22-3)9-14(15)17(18)21/h7-9,11-12H,4-6,10H2,1-3H3,(H2,18,21)/t11-,12-/m0/s1. The lowest BCUT2D eigenvalue weighted by molar-refractivity contribution is -0.139. The highest BCUT2D eigenvalue weighted by molar-refractivity contribution is 5.96. The number of carbonyl (C=O) groups excluding carboxylic acids is 2. The zero-order chi connectivity index (χ0) is 17.0. The van der Waals surface area contributed by atoms with E-state index in [2.05, 4.69) is 13.8 Å². The highest BCUT2D eigenvalue weighted by Crippen LogP contribution is 2.25. The molecular formula is C17H24N2O4. The average molecular weight is 320 g/mol. The highest BCUT2D eigenvalue weighted by atomic mass is 16.5. The summed E-state index contributed by atoms with van der Waals surface area (Å²) in [6, 6.07) is 5.18. The second-order valence-electron chi connectivity index (χ2n) is 5.94. The van der Waals surface area contributed by atoms with Crippen LogP contribution in [0.3, 0.4) is 0 Å². The van der Waals surface area contributed by atoms with E-state index in [1.807, 2.05) is 4.90 Å². The smallest absolute Gasteiger partial charge is 0.260 e. The summed E-state index contributed by atoms with van der Waals surface area (Å²) in [5.74, 6) is 0.113. The molecule has 0 aromatic heterocycles. The number of hydrogen-bond donors (Lipinski definition) is 1. The Morgan fingerprint density at radius 3 is 2.48 bits per heavy atom. The highest BCUT2D eigenvalue weighted by Gasteiger charge is 2.29. The summed E-state index contributed by atoms with van der Waals surface area (Å²) in [6.07, 6.45) is 3.15. The summed E-state index contributed by atoms with van der Waals surface area (Å²) in [6.45, 7) is 3.99. The minimum Gasteiger partial charge on any atom is -0.497 e.